The molecule has 7 heteroatoms. The summed E-state index contributed by atoms with van der Waals surface area (Å²) in [5.74, 6) is -0.134. The number of hydrogen-bond acceptors (Lipinski definition) is 5. The van der Waals surface area contributed by atoms with Gasteiger partial charge >= 0.3 is 6.09 Å². The van der Waals surface area contributed by atoms with Crippen molar-refractivity contribution < 1.29 is 14.3 Å². The van der Waals surface area contributed by atoms with Crippen molar-refractivity contribution in [3.8, 4) is 0 Å². The Morgan fingerprint density at radius 3 is 2.52 bits per heavy atom. The van der Waals surface area contributed by atoms with E-state index in [0.717, 1.165) is 0 Å². The monoisotopic (exact) mass is 357 g/mol. The molecule has 0 aliphatic heterocycles. The summed E-state index contributed by atoms with van der Waals surface area (Å²) in [6, 6.07) is 13.8. The number of ketones is 1. The van der Waals surface area contributed by atoms with Gasteiger partial charge in [-0.25, -0.2) is 4.79 Å². The number of carbonyl (C=O) groups is 2. The largest absolute Gasteiger partial charge is 0.449 e. The van der Waals surface area contributed by atoms with Crippen LogP contribution in [0.1, 0.15) is 29.3 Å². The molecule has 0 saturated heterocycles. The third-order valence-corrected chi connectivity index (χ3v) is 3.46. The first-order valence-electron chi connectivity index (χ1n) is 7.75. The molecular formula is C18H19N3O3S. The molecule has 0 atom stereocenters. The first-order valence-corrected chi connectivity index (χ1v) is 8.16. The first-order chi connectivity index (χ1) is 12.0. The lowest BCUT2D eigenvalue weighted by atomic mass is 10.0. The van der Waals surface area contributed by atoms with E-state index >= 15 is 0 Å². The summed E-state index contributed by atoms with van der Waals surface area (Å²) >= 11 is 5.06. The Morgan fingerprint density at radius 2 is 1.84 bits per heavy atom. The second kappa shape index (κ2) is 8.79. The van der Waals surface area contributed by atoms with Gasteiger partial charge in [0.2, 0.25) is 0 Å². The zero-order valence-corrected chi connectivity index (χ0v) is 14.6. The van der Waals surface area contributed by atoms with Gasteiger partial charge in [0.05, 0.1) is 18.0 Å². The van der Waals surface area contributed by atoms with Crippen molar-refractivity contribution in [3.63, 3.8) is 0 Å². The maximum absolute atomic E-state index is 12.5. The van der Waals surface area contributed by atoms with Gasteiger partial charge in [-0.15, -0.1) is 0 Å². The number of nitrogens with two attached hydrogens (primary N) is 1. The highest BCUT2D eigenvalue weighted by Crippen LogP contribution is 2.22. The van der Waals surface area contributed by atoms with E-state index in [1.807, 2.05) is 13.0 Å². The summed E-state index contributed by atoms with van der Waals surface area (Å²) in [5, 5.41) is 5.24. The number of ether oxygens (including phenoxy) is 1. The minimum absolute atomic E-state index is 0.0390. The van der Waals surface area contributed by atoms with Gasteiger partial charge in [-0.2, -0.15) is 0 Å². The Bertz CT molecular complexity index is 778. The maximum atomic E-state index is 12.5. The van der Waals surface area contributed by atoms with Crippen LogP contribution in [0.3, 0.4) is 0 Å². The molecule has 25 heavy (non-hydrogen) atoms. The third kappa shape index (κ3) is 5.29. The molecule has 0 unspecified atom stereocenters. The second-order valence-corrected chi connectivity index (χ2v) is 5.62. The summed E-state index contributed by atoms with van der Waals surface area (Å²) in [5.41, 5.74) is 7.77. The number of anilines is 2. The first kappa shape index (κ1) is 18.4. The number of nitrogens with one attached hydrogen (secondary N) is 2. The van der Waals surface area contributed by atoms with E-state index in [4.69, 9.17) is 22.7 Å². The SMILES string of the molecule is CCCOC(=O)NC(=S)Nc1cc(C(=O)c2ccccc2)ccc1N. The van der Waals surface area contributed by atoms with E-state index in [2.05, 4.69) is 10.6 Å². The number of amides is 1. The molecule has 0 saturated carbocycles. The van der Waals surface area contributed by atoms with E-state index in [-0.39, 0.29) is 10.9 Å². The van der Waals surface area contributed by atoms with Gasteiger partial charge in [-0.3, -0.25) is 10.1 Å². The van der Waals surface area contributed by atoms with E-state index in [1.165, 1.54) is 0 Å². The van der Waals surface area contributed by atoms with Crippen LogP contribution in [0.5, 0.6) is 0 Å². The molecule has 2 aromatic rings. The number of hydrogen-bond donors (Lipinski definition) is 3. The van der Waals surface area contributed by atoms with Crippen LogP contribution in [0.4, 0.5) is 16.2 Å². The van der Waals surface area contributed by atoms with Crippen LogP contribution in [-0.4, -0.2) is 23.6 Å². The van der Waals surface area contributed by atoms with Crippen LogP contribution in [0.15, 0.2) is 48.5 Å². The molecule has 0 fully saturated rings. The average molecular weight is 357 g/mol. The predicted octanol–water partition coefficient (Wildman–Crippen LogP) is 3.33. The Kier molecular flexibility index (Phi) is 6.47. The lowest BCUT2D eigenvalue weighted by molar-refractivity contribution is 0.103. The number of alkyl carbamates (subject to hydrolysis) is 1. The van der Waals surface area contributed by atoms with Gasteiger partial charge in [-0.1, -0.05) is 37.3 Å². The fraction of sp³-hybridized carbons (Fsp3) is 0.167. The van der Waals surface area contributed by atoms with Crippen molar-refractivity contribution in [3.05, 3.63) is 59.7 Å². The molecule has 0 heterocycles. The minimum Gasteiger partial charge on any atom is -0.449 e. The molecule has 130 valence electrons. The van der Waals surface area contributed by atoms with Gasteiger partial charge < -0.3 is 15.8 Å². The summed E-state index contributed by atoms with van der Waals surface area (Å²) in [7, 11) is 0. The molecule has 4 N–H and O–H groups in total. The van der Waals surface area contributed by atoms with Gasteiger partial charge in [0.1, 0.15) is 0 Å². The molecule has 0 aliphatic rings. The normalized spacial score (nSPS) is 9.96. The van der Waals surface area contributed by atoms with Crippen LogP contribution in [0, 0.1) is 0 Å². The lowest BCUT2D eigenvalue weighted by Crippen LogP contribution is -2.34. The maximum Gasteiger partial charge on any atom is 0.413 e. The molecule has 0 aromatic heterocycles. The van der Waals surface area contributed by atoms with Crippen LogP contribution in [-0.2, 0) is 4.74 Å². The summed E-state index contributed by atoms with van der Waals surface area (Å²) in [6.07, 6.45) is 0.0685. The molecule has 0 aliphatic carbocycles. The van der Waals surface area contributed by atoms with Gasteiger partial charge in [-0.05, 0) is 36.8 Å². The molecule has 0 spiro atoms. The van der Waals surface area contributed by atoms with E-state index < -0.39 is 6.09 Å². The number of thiocarbonyl (C=S) groups is 1. The summed E-state index contributed by atoms with van der Waals surface area (Å²) < 4.78 is 4.89. The van der Waals surface area contributed by atoms with Crippen molar-refractivity contribution in [2.45, 2.75) is 13.3 Å². The third-order valence-electron chi connectivity index (χ3n) is 3.25. The van der Waals surface area contributed by atoms with Gasteiger partial charge in [0, 0.05) is 11.1 Å². The van der Waals surface area contributed by atoms with Crippen molar-refractivity contribution in [2.24, 2.45) is 0 Å². The summed E-state index contributed by atoms with van der Waals surface area (Å²) in [6.45, 7) is 2.19. The number of nitrogen functional groups attached to an aromatic ring is 1. The standard InChI is InChI=1S/C18H19N3O3S/c1-2-10-24-18(23)21-17(25)20-15-11-13(8-9-14(15)19)16(22)12-6-4-3-5-7-12/h3-9,11H,2,10,19H2,1H3,(H2,20,21,23,25). The van der Waals surface area contributed by atoms with Crippen LogP contribution in [0.2, 0.25) is 0 Å². The van der Waals surface area contributed by atoms with Gasteiger partial charge in [0.25, 0.3) is 0 Å². The Labute approximate surface area is 151 Å². The highest BCUT2D eigenvalue weighted by molar-refractivity contribution is 7.80. The molecule has 1 amide bonds. The van der Waals surface area contributed by atoms with E-state index in [9.17, 15) is 9.59 Å². The molecule has 2 rings (SSSR count). The highest BCUT2D eigenvalue weighted by Gasteiger charge is 2.12. The smallest absolute Gasteiger partial charge is 0.413 e. The van der Waals surface area contributed by atoms with Crippen LogP contribution >= 0.6 is 12.2 Å². The fourth-order valence-electron chi connectivity index (χ4n) is 2.04. The second-order valence-electron chi connectivity index (χ2n) is 5.21. The summed E-state index contributed by atoms with van der Waals surface area (Å²) in [4.78, 5) is 24.0. The van der Waals surface area contributed by atoms with Crippen LogP contribution in [0.25, 0.3) is 0 Å². The number of carbonyl (C=O) groups excluding carboxylic acids is 2. The van der Waals surface area contributed by atoms with E-state index in [0.29, 0.717) is 35.5 Å². The lowest BCUT2D eigenvalue weighted by Gasteiger charge is -2.13. The van der Waals surface area contributed by atoms with Gasteiger partial charge in [0.15, 0.2) is 10.9 Å². The quantitative estimate of drug-likeness (QED) is 0.432. The molecular weight excluding hydrogens is 338 g/mol. The number of benzene rings is 2. The van der Waals surface area contributed by atoms with Crippen molar-refractivity contribution in [1.29, 1.82) is 0 Å². The Hall–Kier alpha value is -2.93. The minimum atomic E-state index is -0.644. The Balaban J connectivity index is 2.10. The predicted molar refractivity (Wildman–Crippen MR) is 102 cm³/mol. The average Bonchev–Trinajstić information content (AvgIpc) is 2.62. The van der Waals surface area contributed by atoms with Crippen molar-refractivity contribution in [2.75, 3.05) is 17.7 Å². The topological polar surface area (TPSA) is 93.5 Å². The van der Waals surface area contributed by atoms with Crippen molar-refractivity contribution in [1.82, 2.24) is 5.32 Å². The number of rotatable bonds is 5. The fourth-order valence-corrected chi connectivity index (χ4v) is 2.23. The molecule has 0 radical (unpaired) electrons. The molecule has 6 nitrogen and oxygen atoms in total. The van der Waals surface area contributed by atoms with Crippen LogP contribution < -0.4 is 16.4 Å². The van der Waals surface area contributed by atoms with E-state index in [1.54, 1.807) is 42.5 Å². The zero-order valence-electron chi connectivity index (χ0n) is 13.7. The zero-order chi connectivity index (χ0) is 18.2. The van der Waals surface area contributed by atoms with Crippen molar-refractivity contribution >= 4 is 40.6 Å². The highest BCUT2D eigenvalue weighted by atomic mass is 32.1. The molecule has 0 bridgehead atoms. The Morgan fingerprint density at radius 1 is 1.12 bits per heavy atom. The molecule has 2 aromatic carbocycles.